The van der Waals surface area contributed by atoms with Gasteiger partial charge in [-0.1, -0.05) is 121 Å². The van der Waals surface area contributed by atoms with Crippen LogP contribution in [-0.4, -0.2) is 9.38 Å². The molecular formula is C42H33N2OP. The molecule has 3 nitrogen and oxygen atoms in total. The highest BCUT2D eigenvalue weighted by molar-refractivity contribution is 7.80. The van der Waals surface area contributed by atoms with Gasteiger partial charge in [-0.25, -0.2) is 4.98 Å². The van der Waals surface area contributed by atoms with Gasteiger partial charge in [0.15, 0.2) is 7.14 Å². The minimum atomic E-state index is -3.24. The molecule has 46 heavy (non-hydrogen) atoms. The molecule has 5 aromatic rings. The van der Waals surface area contributed by atoms with E-state index in [0.29, 0.717) is 17.8 Å². The number of aromatic nitrogens is 2. The van der Waals surface area contributed by atoms with Gasteiger partial charge in [-0.15, -0.1) is 0 Å². The summed E-state index contributed by atoms with van der Waals surface area (Å²) < 4.78 is 18.7. The number of benzene rings is 3. The molecule has 222 valence electrons. The zero-order chi connectivity index (χ0) is 30.4. The summed E-state index contributed by atoms with van der Waals surface area (Å²) in [5.74, 6) is 0.999. The fourth-order valence-electron chi connectivity index (χ4n) is 8.78. The smallest absolute Gasteiger partial charge is 0.167 e. The van der Waals surface area contributed by atoms with Crippen LogP contribution < -0.4 is 15.9 Å². The molecule has 5 aliphatic rings. The van der Waals surface area contributed by atoms with Crippen molar-refractivity contribution in [2.24, 2.45) is 11.8 Å². The van der Waals surface area contributed by atoms with E-state index in [-0.39, 0.29) is 0 Å². The Morgan fingerprint density at radius 1 is 0.891 bits per heavy atom. The van der Waals surface area contributed by atoms with E-state index in [1.54, 1.807) is 0 Å². The lowest BCUT2D eigenvalue weighted by Gasteiger charge is -2.30. The molecule has 10 rings (SSSR count). The predicted octanol–water partition coefficient (Wildman–Crippen LogP) is 8.35. The average molecular weight is 613 g/mol. The van der Waals surface area contributed by atoms with Gasteiger partial charge in [0.2, 0.25) is 0 Å². The molecule has 0 spiro atoms. The monoisotopic (exact) mass is 612 g/mol. The SMILES string of the molecule is O=P(C1=C[C@H]2Cc3ccccc3C2C=C1)(C1=CC=CCC1)c1cccc2c3c(n4c5ccccc5nc4c12)=C1C=CC=CC1CC=3. The normalized spacial score (nSPS) is 23.8. The van der Waals surface area contributed by atoms with Crippen molar-refractivity contribution in [2.75, 3.05) is 0 Å². The van der Waals surface area contributed by atoms with Crippen LogP contribution in [0.1, 0.15) is 36.3 Å². The van der Waals surface area contributed by atoms with Crippen LogP contribution in [-0.2, 0) is 11.0 Å². The van der Waals surface area contributed by atoms with E-state index < -0.39 is 7.14 Å². The Hall–Kier alpha value is -4.72. The van der Waals surface area contributed by atoms with E-state index in [0.717, 1.165) is 69.1 Å². The van der Waals surface area contributed by atoms with Gasteiger partial charge in [-0.3, -0.25) is 4.40 Å². The molecule has 3 aromatic carbocycles. The van der Waals surface area contributed by atoms with Gasteiger partial charge in [0.25, 0.3) is 0 Å². The van der Waals surface area contributed by atoms with Crippen molar-refractivity contribution >= 4 is 51.5 Å². The number of rotatable bonds is 3. The van der Waals surface area contributed by atoms with Crippen LogP contribution in [0.15, 0.2) is 138 Å². The highest BCUT2D eigenvalue weighted by Crippen LogP contribution is 2.65. The van der Waals surface area contributed by atoms with Crippen LogP contribution >= 0.6 is 7.14 Å². The first-order valence-electron chi connectivity index (χ1n) is 16.6. The second kappa shape index (κ2) is 9.89. The third-order valence-corrected chi connectivity index (χ3v) is 14.1. The van der Waals surface area contributed by atoms with E-state index in [1.165, 1.54) is 27.3 Å². The van der Waals surface area contributed by atoms with Crippen molar-refractivity contribution < 1.29 is 4.57 Å². The molecular weight excluding hydrogens is 579 g/mol. The number of allylic oxidation sites excluding steroid dienone is 12. The number of hydrogen-bond donors (Lipinski definition) is 0. The van der Waals surface area contributed by atoms with Gasteiger partial charge < -0.3 is 4.57 Å². The third kappa shape index (κ3) is 3.61. The second-order valence-electron chi connectivity index (χ2n) is 13.2. The van der Waals surface area contributed by atoms with Crippen molar-refractivity contribution in [2.45, 2.75) is 31.6 Å². The molecule has 2 aromatic heterocycles. The average Bonchev–Trinajstić information content (AvgIpc) is 3.70. The van der Waals surface area contributed by atoms with Gasteiger partial charge in [0, 0.05) is 33.1 Å². The summed E-state index contributed by atoms with van der Waals surface area (Å²) in [5, 5.41) is 7.53. The summed E-state index contributed by atoms with van der Waals surface area (Å²) in [6.45, 7) is 0. The molecule has 0 bridgehead atoms. The maximum absolute atomic E-state index is 16.4. The standard InChI is InChI=1S/C42H33N2OP/c45-46(30-13-2-1-3-14-30,31-22-24-33-29(26-31)25-28-12-5-6-15-32(28)33)39-20-10-17-35-36-23-21-27-11-4-7-16-34(27)41(36)44-38-19-9-8-18-37(38)43-42(44)40(35)39/h1-2,4-13,15-20,22-24,26-27,29,33H,3,14,21,25H2/t27?,29-,33?,46?/m1/s1. The molecule has 5 aliphatic carbocycles. The molecule has 0 fully saturated rings. The van der Waals surface area contributed by atoms with E-state index in [1.807, 2.05) is 0 Å². The van der Waals surface area contributed by atoms with Crippen LogP contribution in [0.2, 0.25) is 0 Å². The summed E-state index contributed by atoms with van der Waals surface area (Å²) in [4.78, 5) is 5.34. The van der Waals surface area contributed by atoms with Gasteiger partial charge in [-0.2, -0.15) is 0 Å². The summed E-state index contributed by atoms with van der Waals surface area (Å²) in [6, 6.07) is 23.7. The Bertz CT molecular complexity index is 2540. The van der Waals surface area contributed by atoms with Crippen LogP contribution in [0.5, 0.6) is 0 Å². The minimum Gasteiger partial charge on any atom is -0.309 e. The number of nitrogens with zero attached hydrogens (tertiary/aromatic N) is 2. The summed E-state index contributed by atoms with van der Waals surface area (Å²) in [7, 11) is -3.24. The predicted molar refractivity (Wildman–Crippen MR) is 191 cm³/mol. The molecule has 0 N–H and O–H groups in total. The Morgan fingerprint density at radius 2 is 1.80 bits per heavy atom. The lowest BCUT2D eigenvalue weighted by atomic mass is 9.86. The molecule has 0 saturated carbocycles. The first-order chi connectivity index (χ1) is 22.7. The van der Waals surface area contributed by atoms with Crippen LogP contribution in [0.4, 0.5) is 0 Å². The molecule has 3 unspecified atom stereocenters. The summed E-state index contributed by atoms with van der Waals surface area (Å²) >= 11 is 0. The topological polar surface area (TPSA) is 34.4 Å². The van der Waals surface area contributed by atoms with E-state index in [9.17, 15) is 0 Å². The number of hydrogen-bond acceptors (Lipinski definition) is 2. The highest BCUT2D eigenvalue weighted by Gasteiger charge is 2.40. The van der Waals surface area contributed by atoms with Gasteiger partial charge in [0.1, 0.15) is 5.65 Å². The Morgan fingerprint density at radius 3 is 2.74 bits per heavy atom. The molecule has 4 atom stereocenters. The molecule has 2 heterocycles. The van der Waals surface area contributed by atoms with Crippen molar-refractivity contribution in [3.63, 3.8) is 0 Å². The van der Waals surface area contributed by atoms with Gasteiger partial charge in [-0.05, 0) is 71.1 Å². The molecule has 0 saturated heterocycles. The first kappa shape index (κ1) is 26.5. The Balaban J connectivity index is 1.31. The van der Waals surface area contributed by atoms with E-state index in [4.69, 9.17) is 4.98 Å². The maximum Gasteiger partial charge on any atom is 0.167 e. The summed E-state index contributed by atoms with van der Waals surface area (Å²) in [5.41, 5.74) is 7.10. The summed E-state index contributed by atoms with van der Waals surface area (Å²) in [6.07, 6.45) is 28.3. The van der Waals surface area contributed by atoms with E-state index >= 15 is 4.57 Å². The zero-order valence-electron chi connectivity index (χ0n) is 25.5. The quantitative estimate of drug-likeness (QED) is 0.192. The molecule has 4 heteroatoms. The lowest BCUT2D eigenvalue weighted by molar-refractivity contribution is 0.585. The van der Waals surface area contributed by atoms with Crippen molar-refractivity contribution in [3.8, 4) is 0 Å². The van der Waals surface area contributed by atoms with Crippen molar-refractivity contribution in [1.82, 2.24) is 9.38 Å². The first-order valence-corrected chi connectivity index (χ1v) is 18.3. The van der Waals surface area contributed by atoms with Crippen LogP contribution in [0, 0.1) is 11.8 Å². The maximum atomic E-state index is 16.4. The number of imidazole rings is 1. The van der Waals surface area contributed by atoms with Crippen molar-refractivity contribution in [1.29, 1.82) is 0 Å². The van der Waals surface area contributed by atoms with E-state index in [2.05, 4.69) is 138 Å². The highest BCUT2D eigenvalue weighted by atomic mass is 31.2. The van der Waals surface area contributed by atoms with Crippen LogP contribution in [0.25, 0.3) is 39.1 Å². The number of pyridine rings is 1. The lowest BCUT2D eigenvalue weighted by Crippen LogP contribution is -2.39. The molecule has 0 radical (unpaired) electrons. The molecule has 0 aliphatic heterocycles. The fourth-order valence-corrected chi connectivity index (χ4v) is 12.0. The van der Waals surface area contributed by atoms with Gasteiger partial charge >= 0.3 is 0 Å². The number of para-hydroxylation sites is 2. The number of fused-ring (bicyclic) bond motifs is 12. The van der Waals surface area contributed by atoms with Crippen molar-refractivity contribution in [3.05, 3.63) is 160 Å². The largest absolute Gasteiger partial charge is 0.309 e. The third-order valence-electron chi connectivity index (χ3n) is 10.9. The minimum absolute atomic E-state index is 0.315. The Kier molecular flexibility index (Phi) is 5.69. The Labute approximate surface area is 268 Å². The zero-order valence-corrected chi connectivity index (χ0v) is 26.4. The fraction of sp³-hybridized carbons (Fsp3) is 0.167. The molecule has 0 amide bonds. The van der Waals surface area contributed by atoms with Crippen LogP contribution in [0.3, 0.4) is 0 Å². The van der Waals surface area contributed by atoms with Gasteiger partial charge in [0.05, 0.1) is 16.4 Å². The second-order valence-corrected chi connectivity index (χ2v) is 16.0.